The molecule has 0 amide bonds. The van der Waals surface area contributed by atoms with Gasteiger partial charge in [-0.2, -0.15) is 14.9 Å². The molecule has 6 nitrogen and oxygen atoms in total. The molecule has 0 unspecified atom stereocenters. The number of benzene rings is 2. The van der Waals surface area contributed by atoms with Crippen LogP contribution in [0, 0.1) is 6.92 Å². The van der Waals surface area contributed by atoms with Crippen LogP contribution in [0.1, 0.15) is 11.4 Å². The Balaban J connectivity index is 1.67. The first kappa shape index (κ1) is 15.1. The summed E-state index contributed by atoms with van der Waals surface area (Å²) in [5.41, 5.74) is 3.71. The third-order valence-corrected chi connectivity index (χ3v) is 4.17. The fourth-order valence-corrected chi connectivity index (χ4v) is 2.81. The zero-order chi connectivity index (χ0) is 17.2. The van der Waals surface area contributed by atoms with E-state index in [0.29, 0.717) is 12.4 Å². The van der Waals surface area contributed by atoms with Crippen molar-refractivity contribution in [1.29, 1.82) is 0 Å². The summed E-state index contributed by atoms with van der Waals surface area (Å²) in [7, 11) is 0. The van der Waals surface area contributed by atoms with E-state index >= 15 is 0 Å². The van der Waals surface area contributed by atoms with Crippen LogP contribution in [-0.4, -0.2) is 24.5 Å². The molecule has 124 valence electrons. The van der Waals surface area contributed by atoms with Gasteiger partial charge in [0.15, 0.2) is 0 Å². The van der Waals surface area contributed by atoms with Gasteiger partial charge in [-0.1, -0.05) is 42.5 Å². The largest absolute Gasteiger partial charge is 0.351 e. The Kier molecular flexibility index (Phi) is 3.78. The van der Waals surface area contributed by atoms with Gasteiger partial charge in [0.1, 0.15) is 5.82 Å². The van der Waals surface area contributed by atoms with E-state index in [1.54, 1.807) is 10.8 Å². The average Bonchev–Trinajstić information content (AvgIpc) is 3.27. The maximum absolute atomic E-state index is 12.8. The van der Waals surface area contributed by atoms with Crippen molar-refractivity contribution < 1.29 is 0 Å². The fraction of sp³-hybridized carbons (Fsp3) is 0.105. The van der Waals surface area contributed by atoms with Crippen molar-refractivity contribution in [3.05, 3.63) is 88.9 Å². The van der Waals surface area contributed by atoms with Crippen molar-refractivity contribution in [3.8, 4) is 16.8 Å². The number of aromatic amines is 1. The molecule has 0 saturated carbocycles. The first-order valence-corrected chi connectivity index (χ1v) is 8.02. The molecule has 6 heteroatoms. The van der Waals surface area contributed by atoms with Gasteiger partial charge in [-0.25, -0.2) is 4.79 Å². The van der Waals surface area contributed by atoms with E-state index in [9.17, 15) is 4.79 Å². The molecule has 0 aliphatic carbocycles. The number of hydrogen-bond donors (Lipinski definition) is 1. The van der Waals surface area contributed by atoms with Crippen molar-refractivity contribution in [2.45, 2.75) is 13.5 Å². The first-order valence-electron chi connectivity index (χ1n) is 8.02. The van der Waals surface area contributed by atoms with E-state index in [-0.39, 0.29) is 5.69 Å². The standard InChI is InChI=1S/C19H17N5O/c1-14-22-24(19(25)23(14)13-15-5-3-2-4-6-15)18-9-7-16(8-10-18)17-11-20-21-12-17/h2-12H,13H2,1H3,(H,20,21). The highest BCUT2D eigenvalue weighted by Gasteiger charge is 2.12. The Morgan fingerprint density at radius 3 is 2.44 bits per heavy atom. The third-order valence-electron chi connectivity index (χ3n) is 4.17. The van der Waals surface area contributed by atoms with E-state index < -0.39 is 0 Å². The van der Waals surface area contributed by atoms with E-state index in [4.69, 9.17) is 0 Å². The van der Waals surface area contributed by atoms with Crippen LogP contribution < -0.4 is 5.69 Å². The first-order chi connectivity index (χ1) is 12.2. The molecule has 0 radical (unpaired) electrons. The van der Waals surface area contributed by atoms with E-state index in [0.717, 1.165) is 22.4 Å². The minimum Gasteiger partial charge on any atom is -0.285 e. The molecule has 2 heterocycles. The molecular weight excluding hydrogens is 314 g/mol. The number of aryl methyl sites for hydroxylation is 1. The van der Waals surface area contributed by atoms with Crippen LogP contribution in [0.5, 0.6) is 0 Å². The minimum atomic E-state index is -0.141. The van der Waals surface area contributed by atoms with Crippen LogP contribution >= 0.6 is 0 Å². The normalized spacial score (nSPS) is 10.9. The number of aromatic nitrogens is 5. The monoisotopic (exact) mass is 331 g/mol. The van der Waals surface area contributed by atoms with Crippen LogP contribution in [0.3, 0.4) is 0 Å². The minimum absolute atomic E-state index is 0.141. The highest BCUT2D eigenvalue weighted by atomic mass is 16.2. The SMILES string of the molecule is Cc1nn(-c2ccc(-c3cn[nH]c3)cc2)c(=O)n1Cc1ccccc1. The van der Waals surface area contributed by atoms with Gasteiger partial charge in [-0.15, -0.1) is 0 Å². The zero-order valence-electron chi connectivity index (χ0n) is 13.8. The summed E-state index contributed by atoms with van der Waals surface area (Å²) in [4.78, 5) is 12.8. The Morgan fingerprint density at radius 1 is 1.00 bits per heavy atom. The second kappa shape index (κ2) is 6.24. The lowest BCUT2D eigenvalue weighted by molar-refractivity contribution is 0.723. The lowest BCUT2D eigenvalue weighted by Crippen LogP contribution is -2.24. The molecule has 0 spiro atoms. The van der Waals surface area contributed by atoms with Gasteiger partial charge in [-0.3, -0.25) is 9.67 Å². The molecule has 0 saturated heterocycles. The van der Waals surface area contributed by atoms with Crippen LogP contribution in [0.4, 0.5) is 0 Å². The molecule has 4 aromatic rings. The Labute approximate surface area is 144 Å². The van der Waals surface area contributed by atoms with Gasteiger partial charge >= 0.3 is 5.69 Å². The quantitative estimate of drug-likeness (QED) is 0.625. The third kappa shape index (κ3) is 2.89. The van der Waals surface area contributed by atoms with Gasteiger partial charge in [-0.05, 0) is 30.2 Å². The lowest BCUT2D eigenvalue weighted by Gasteiger charge is -2.03. The second-order valence-electron chi connectivity index (χ2n) is 5.85. The molecule has 0 fully saturated rings. The second-order valence-corrected chi connectivity index (χ2v) is 5.85. The highest BCUT2D eigenvalue weighted by Crippen LogP contribution is 2.19. The lowest BCUT2D eigenvalue weighted by atomic mass is 10.1. The van der Waals surface area contributed by atoms with E-state index in [1.165, 1.54) is 4.68 Å². The van der Waals surface area contributed by atoms with Crippen LogP contribution in [0.15, 0.2) is 71.8 Å². The number of rotatable bonds is 4. The van der Waals surface area contributed by atoms with Crippen molar-refractivity contribution in [1.82, 2.24) is 24.5 Å². The molecular formula is C19H17N5O. The molecule has 2 aromatic heterocycles. The van der Waals surface area contributed by atoms with E-state index in [1.807, 2.05) is 67.7 Å². The Morgan fingerprint density at radius 2 is 1.76 bits per heavy atom. The highest BCUT2D eigenvalue weighted by molar-refractivity contribution is 5.62. The summed E-state index contributed by atoms with van der Waals surface area (Å²) in [5, 5.41) is 11.2. The Bertz CT molecular complexity index is 1030. The molecule has 25 heavy (non-hydrogen) atoms. The zero-order valence-corrected chi connectivity index (χ0v) is 13.8. The van der Waals surface area contributed by atoms with Crippen molar-refractivity contribution in [3.63, 3.8) is 0 Å². The Hall–Kier alpha value is -3.41. The number of nitrogens with one attached hydrogen (secondary N) is 1. The molecule has 0 aliphatic heterocycles. The fourth-order valence-electron chi connectivity index (χ4n) is 2.81. The van der Waals surface area contributed by atoms with Crippen molar-refractivity contribution in [2.75, 3.05) is 0 Å². The smallest absolute Gasteiger partial charge is 0.285 e. The molecule has 0 bridgehead atoms. The molecule has 0 aliphatic rings. The van der Waals surface area contributed by atoms with Gasteiger partial charge in [0, 0.05) is 11.8 Å². The summed E-state index contributed by atoms with van der Waals surface area (Å²) in [5.74, 6) is 0.688. The predicted molar refractivity (Wildman–Crippen MR) is 95.7 cm³/mol. The maximum Gasteiger partial charge on any atom is 0.351 e. The average molecular weight is 331 g/mol. The summed E-state index contributed by atoms with van der Waals surface area (Å²) in [6, 6.07) is 17.6. The predicted octanol–water partition coefficient (Wildman–Crippen LogP) is 2.78. The number of nitrogens with zero attached hydrogens (tertiary/aromatic N) is 4. The van der Waals surface area contributed by atoms with Crippen molar-refractivity contribution in [2.24, 2.45) is 0 Å². The number of hydrogen-bond acceptors (Lipinski definition) is 3. The van der Waals surface area contributed by atoms with Crippen molar-refractivity contribution >= 4 is 0 Å². The molecule has 2 aromatic carbocycles. The number of H-pyrrole nitrogens is 1. The van der Waals surface area contributed by atoms with Crippen LogP contribution in [0.2, 0.25) is 0 Å². The van der Waals surface area contributed by atoms with Gasteiger partial charge < -0.3 is 0 Å². The summed E-state index contributed by atoms with van der Waals surface area (Å²) >= 11 is 0. The van der Waals surface area contributed by atoms with Gasteiger partial charge in [0.05, 0.1) is 18.4 Å². The van der Waals surface area contributed by atoms with E-state index in [2.05, 4.69) is 15.3 Å². The summed E-state index contributed by atoms with van der Waals surface area (Å²) in [6.07, 6.45) is 3.60. The summed E-state index contributed by atoms with van der Waals surface area (Å²) < 4.78 is 3.12. The molecule has 4 rings (SSSR count). The summed E-state index contributed by atoms with van der Waals surface area (Å²) in [6.45, 7) is 2.36. The molecule has 0 atom stereocenters. The maximum atomic E-state index is 12.8. The van der Waals surface area contributed by atoms with Crippen LogP contribution in [0.25, 0.3) is 16.8 Å². The van der Waals surface area contributed by atoms with Gasteiger partial charge in [0.2, 0.25) is 0 Å². The topological polar surface area (TPSA) is 68.5 Å². The molecule has 1 N–H and O–H groups in total. The van der Waals surface area contributed by atoms with Gasteiger partial charge in [0.25, 0.3) is 0 Å². The van der Waals surface area contributed by atoms with Crippen LogP contribution in [-0.2, 0) is 6.54 Å².